The van der Waals surface area contributed by atoms with Crippen molar-refractivity contribution in [2.24, 2.45) is 0 Å². The molecule has 0 radical (unpaired) electrons. The maximum atomic E-state index is 14.1. The van der Waals surface area contributed by atoms with Crippen molar-refractivity contribution in [1.29, 1.82) is 0 Å². The number of benzene rings is 1. The average Bonchev–Trinajstić information content (AvgIpc) is 2.55. The third-order valence-electron chi connectivity index (χ3n) is 3.64. The highest BCUT2D eigenvalue weighted by Gasteiger charge is 2.19. The molecule has 0 spiro atoms. The van der Waals surface area contributed by atoms with E-state index in [2.05, 4.69) is 14.8 Å². The lowest BCUT2D eigenvalue weighted by molar-refractivity contribution is 0.579. The van der Waals surface area contributed by atoms with Crippen molar-refractivity contribution in [1.82, 2.24) is 10.0 Å². The van der Waals surface area contributed by atoms with Crippen molar-refractivity contribution in [3.63, 3.8) is 0 Å². The van der Waals surface area contributed by atoms with E-state index in [0.717, 1.165) is 30.7 Å². The van der Waals surface area contributed by atoms with Crippen LogP contribution in [-0.4, -0.2) is 42.2 Å². The average molecular weight is 391 g/mol. The van der Waals surface area contributed by atoms with Crippen LogP contribution in [0.25, 0.3) is 0 Å². The molecule has 1 heterocycles. The first-order valence-electron chi connectivity index (χ1n) is 7.92. The van der Waals surface area contributed by atoms with Gasteiger partial charge in [-0.1, -0.05) is 18.6 Å². The molecule has 0 saturated carbocycles. The summed E-state index contributed by atoms with van der Waals surface area (Å²) in [5.41, 5.74) is 0.695. The van der Waals surface area contributed by atoms with Crippen LogP contribution in [0.5, 0.6) is 0 Å². The van der Waals surface area contributed by atoms with Gasteiger partial charge in [0.15, 0.2) is 0 Å². The molecule has 140 valence electrons. The molecule has 0 saturated heterocycles. The van der Waals surface area contributed by atoms with Crippen molar-refractivity contribution >= 4 is 25.7 Å². The number of nitrogens with one attached hydrogen (secondary N) is 3. The van der Waals surface area contributed by atoms with Gasteiger partial charge in [0.2, 0.25) is 20.0 Å². The van der Waals surface area contributed by atoms with Crippen LogP contribution in [0.15, 0.2) is 34.7 Å². The third kappa shape index (κ3) is 5.77. The highest BCUT2D eigenvalue weighted by Crippen LogP contribution is 2.20. The van der Waals surface area contributed by atoms with Crippen LogP contribution < -0.4 is 14.8 Å². The van der Waals surface area contributed by atoms with Gasteiger partial charge in [-0.2, -0.15) is 0 Å². The molecule has 25 heavy (non-hydrogen) atoms. The zero-order chi connectivity index (χ0) is 18.5. The number of rotatable bonds is 8. The first-order chi connectivity index (χ1) is 11.7. The number of hydrogen-bond donors (Lipinski definition) is 3. The zero-order valence-electron chi connectivity index (χ0n) is 13.9. The van der Waals surface area contributed by atoms with Gasteiger partial charge in [0.25, 0.3) is 0 Å². The van der Waals surface area contributed by atoms with Crippen LogP contribution in [0, 0.1) is 5.82 Å². The van der Waals surface area contributed by atoms with Gasteiger partial charge in [-0.05, 0) is 37.6 Å². The van der Waals surface area contributed by atoms with E-state index in [0.29, 0.717) is 13.0 Å². The van der Waals surface area contributed by atoms with Crippen LogP contribution in [0.1, 0.15) is 19.8 Å². The van der Waals surface area contributed by atoms with E-state index >= 15 is 0 Å². The minimum absolute atomic E-state index is 0.141. The predicted octanol–water partition coefficient (Wildman–Crippen LogP) is 1.18. The first kappa shape index (κ1) is 19.8. The van der Waals surface area contributed by atoms with E-state index in [1.165, 1.54) is 6.07 Å². The Morgan fingerprint density at radius 2 is 2.00 bits per heavy atom. The van der Waals surface area contributed by atoms with Crippen molar-refractivity contribution in [2.45, 2.75) is 24.7 Å². The molecule has 0 aliphatic carbocycles. The fourth-order valence-electron chi connectivity index (χ4n) is 2.33. The Balaban J connectivity index is 2.11. The van der Waals surface area contributed by atoms with E-state index in [9.17, 15) is 21.2 Å². The SMILES string of the molecule is CCCS(=O)(=O)Nc1ccc(S(=O)(=O)NCC2=CCNCC2)cc1F. The smallest absolute Gasteiger partial charge is 0.240 e. The maximum absolute atomic E-state index is 14.1. The molecule has 0 bridgehead atoms. The predicted molar refractivity (Wildman–Crippen MR) is 94.9 cm³/mol. The van der Waals surface area contributed by atoms with Gasteiger partial charge in [-0.25, -0.2) is 25.9 Å². The second kappa shape index (κ2) is 8.26. The second-order valence-corrected chi connectivity index (χ2v) is 9.31. The molecule has 7 nitrogen and oxygen atoms in total. The number of hydrogen-bond acceptors (Lipinski definition) is 5. The van der Waals surface area contributed by atoms with Gasteiger partial charge >= 0.3 is 0 Å². The lowest BCUT2D eigenvalue weighted by Crippen LogP contribution is -2.29. The molecule has 2 rings (SSSR count). The van der Waals surface area contributed by atoms with Gasteiger partial charge in [-0.3, -0.25) is 4.72 Å². The summed E-state index contributed by atoms with van der Waals surface area (Å²) in [5.74, 6) is -1.08. The van der Waals surface area contributed by atoms with Crippen LogP contribution in [0.3, 0.4) is 0 Å². The molecule has 1 aliphatic rings. The molecule has 1 aromatic carbocycles. The van der Waals surface area contributed by atoms with E-state index in [4.69, 9.17) is 0 Å². The van der Waals surface area contributed by atoms with E-state index in [-0.39, 0.29) is 22.9 Å². The van der Waals surface area contributed by atoms with Crippen molar-refractivity contribution < 1.29 is 21.2 Å². The van der Waals surface area contributed by atoms with Gasteiger partial charge < -0.3 is 5.32 Å². The molecular weight excluding hydrogens is 369 g/mol. The Labute approximate surface area is 147 Å². The Kier molecular flexibility index (Phi) is 6.55. The monoisotopic (exact) mass is 391 g/mol. The summed E-state index contributed by atoms with van der Waals surface area (Å²) in [4.78, 5) is -0.252. The quantitative estimate of drug-likeness (QED) is 0.577. The third-order valence-corrected chi connectivity index (χ3v) is 6.51. The topological polar surface area (TPSA) is 104 Å². The number of halogens is 1. The second-order valence-electron chi connectivity index (χ2n) is 5.70. The Morgan fingerprint density at radius 1 is 1.24 bits per heavy atom. The van der Waals surface area contributed by atoms with Crippen molar-refractivity contribution in [3.8, 4) is 0 Å². The summed E-state index contributed by atoms with van der Waals surface area (Å²) in [5, 5.41) is 3.13. The van der Waals surface area contributed by atoms with E-state index < -0.39 is 25.9 Å². The number of anilines is 1. The van der Waals surface area contributed by atoms with Crippen LogP contribution in [0.2, 0.25) is 0 Å². The summed E-state index contributed by atoms with van der Waals surface area (Å²) in [6.45, 7) is 3.33. The van der Waals surface area contributed by atoms with Gasteiger partial charge in [0.1, 0.15) is 5.82 Å². The fourth-order valence-corrected chi connectivity index (χ4v) is 4.52. The first-order valence-corrected chi connectivity index (χ1v) is 11.1. The highest BCUT2D eigenvalue weighted by atomic mass is 32.2. The standard InChI is InChI=1S/C15H22FN3O4S2/c1-2-9-24(20,21)19-15-4-3-13(10-14(15)16)25(22,23)18-11-12-5-7-17-8-6-12/h3-5,10,17-19H,2,6-9,11H2,1H3. The maximum Gasteiger partial charge on any atom is 0.240 e. The number of sulfonamides is 2. The van der Waals surface area contributed by atoms with Gasteiger partial charge in [0, 0.05) is 13.1 Å². The summed E-state index contributed by atoms with van der Waals surface area (Å²) in [7, 11) is -7.53. The Hall–Kier alpha value is -1.49. The van der Waals surface area contributed by atoms with Gasteiger partial charge in [0.05, 0.1) is 16.3 Å². The van der Waals surface area contributed by atoms with E-state index in [1.807, 2.05) is 6.08 Å². The largest absolute Gasteiger partial charge is 0.313 e. The van der Waals surface area contributed by atoms with E-state index in [1.54, 1.807) is 6.92 Å². The zero-order valence-corrected chi connectivity index (χ0v) is 15.5. The summed E-state index contributed by atoms with van der Waals surface area (Å²) in [6.07, 6.45) is 3.05. The molecule has 0 aromatic heterocycles. The van der Waals surface area contributed by atoms with Gasteiger partial charge in [-0.15, -0.1) is 0 Å². The molecule has 1 aliphatic heterocycles. The molecule has 0 atom stereocenters. The molecule has 3 N–H and O–H groups in total. The van der Waals surface area contributed by atoms with Crippen molar-refractivity contribution in [3.05, 3.63) is 35.7 Å². The Morgan fingerprint density at radius 3 is 2.60 bits per heavy atom. The summed E-state index contributed by atoms with van der Waals surface area (Å²) < 4.78 is 66.6. The summed E-state index contributed by atoms with van der Waals surface area (Å²) >= 11 is 0. The fraction of sp³-hybridized carbons (Fsp3) is 0.467. The summed E-state index contributed by atoms with van der Waals surface area (Å²) in [6, 6.07) is 3.09. The molecule has 0 amide bonds. The van der Waals surface area contributed by atoms with Crippen LogP contribution in [-0.2, 0) is 20.0 Å². The molecule has 1 aromatic rings. The normalized spacial score (nSPS) is 15.7. The molecule has 0 unspecified atom stereocenters. The molecule has 10 heteroatoms. The molecule has 0 fully saturated rings. The highest BCUT2D eigenvalue weighted by molar-refractivity contribution is 7.92. The Bertz CT molecular complexity index is 852. The van der Waals surface area contributed by atoms with Crippen LogP contribution in [0.4, 0.5) is 10.1 Å². The lowest BCUT2D eigenvalue weighted by atomic mass is 10.1. The van der Waals surface area contributed by atoms with Crippen molar-refractivity contribution in [2.75, 3.05) is 30.1 Å². The lowest BCUT2D eigenvalue weighted by Gasteiger charge is -2.15. The van der Waals surface area contributed by atoms with Crippen LogP contribution >= 0.6 is 0 Å². The minimum atomic E-state index is -3.88. The minimum Gasteiger partial charge on any atom is -0.313 e. The molecular formula is C15H22FN3O4S2.